The van der Waals surface area contributed by atoms with E-state index in [2.05, 4.69) is 67.8 Å². The first-order valence-corrected chi connectivity index (χ1v) is 6.15. The van der Waals surface area contributed by atoms with Crippen molar-refractivity contribution < 1.29 is 0 Å². The van der Waals surface area contributed by atoms with Gasteiger partial charge in [-0.2, -0.15) is 0 Å². The van der Waals surface area contributed by atoms with Gasteiger partial charge in [0.15, 0.2) is 0 Å². The quantitative estimate of drug-likeness (QED) is 0.652. The molecule has 1 nitrogen and oxygen atoms in total. The van der Waals surface area contributed by atoms with E-state index >= 15 is 0 Å². The summed E-state index contributed by atoms with van der Waals surface area (Å²) in [7, 11) is 0. The molecule has 84 valence electrons. The largest absolute Gasteiger partial charge is 0.303 e. The highest BCUT2D eigenvalue weighted by Crippen LogP contribution is 2.46. The van der Waals surface area contributed by atoms with Crippen LogP contribution in [0.3, 0.4) is 0 Å². The summed E-state index contributed by atoms with van der Waals surface area (Å²) in [6.45, 7) is 4.80. The van der Waals surface area contributed by atoms with Gasteiger partial charge >= 0.3 is 0 Å². The van der Waals surface area contributed by atoms with Gasteiger partial charge in [-0.1, -0.05) is 62.5 Å². The van der Waals surface area contributed by atoms with Gasteiger partial charge in [0.1, 0.15) is 0 Å². The van der Waals surface area contributed by atoms with E-state index in [0.717, 1.165) is 0 Å². The van der Waals surface area contributed by atoms with Crippen molar-refractivity contribution in [1.82, 2.24) is 5.32 Å². The van der Waals surface area contributed by atoms with Gasteiger partial charge in [-0.3, -0.25) is 0 Å². The molecular weight excluding hydrogens is 194 g/mol. The van der Waals surface area contributed by atoms with Gasteiger partial charge < -0.3 is 5.32 Å². The molecule has 3 rings (SSSR count). The molecule has 0 aromatic rings. The van der Waals surface area contributed by atoms with Crippen LogP contribution in [0.15, 0.2) is 48.6 Å². The highest BCUT2D eigenvalue weighted by Gasteiger charge is 2.46. The standard InChI is InChI=1S/C15H19N/c1-15(2)11-7-3-5-9-13(11)16-14-10-6-4-8-12(14)15/h3-14,16H,1-2H3. The van der Waals surface area contributed by atoms with Crippen LogP contribution in [0.5, 0.6) is 0 Å². The molecule has 0 amide bonds. The molecule has 1 heteroatoms. The fourth-order valence-corrected chi connectivity index (χ4v) is 3.40. The van der Waals surface area contributed by atoms with E-state index in [9.17, 15) is 0 Å². The normalized spacial score (nSPS) is 42.9. The Morgan fingerprint density at radius 2 is 1.19 bits per heavy atom. The Hall–Kier alpha value is -1.08. The van der Waals surface area contributed by atoms with Gasteiger partial charge in [0.2, 0.25) is 0 Å². The molecule has 1 N–H and O–H groups in total. The van der Waals surface area contributed by atoms with Gasteiger partial charge in [-0.15, -0.1) is 0 Å². The Labute approximate surface area is 97.6 Å². The molecule has 16 heavy (non-hydrogen) atoms. The zero-order chi connectivity index (χ0) is 11.2. The fraction of sp³-hybridized carbons (Fsp3) is 0.467. The lowest BCUT2D eigenvalue weighted by molar-refractivity contribution is 0.0856. The first kappa shape index (κ1) is 10.1. The van der Waals surface area contributed by atoms with E-state index in [0.29, 0.717) is 29.3 Å². The summed E-state index contributed by atoms with van der Waals surface area (Å²) in [6.07, 6.45) is 18.0. The summed E-state index contributed by atoms with van der Waals surface area (Å²) < 4.78 is 0. The van der Waals surface area contributed by atoms with E-state index in [1.807, 2.05) is 0 Å². The Kier molecular flexibility index (Phi) is 2.18. The number of allylic oxidation sites excluding steroid dienone is 4. The zero-order valence-electron chi connectivity index (χ0n) is 9.93. The maximum absolute atomic E-state index is 3.74. The first-order chi connectivity index (χ1) is 7.69. The SMILES string of the molecule is CC1(C)C2C=CC=CC2NC2C=CC=CC21. The molecule has 1 heterocycles. The summed E-state index contributed by atoms with van der Waals surface area (Å²) in [5.41, 5.74) is 0.323. The highest BCUT2D eigenvalue weighted by molar-refractivity contribution is 5.29. The summed E-state index contributed by atoms with van der Waals surface area (Å²) >= 11 is 0. The second-order valence-corrected chi connectivity index (χ2v) is 5.63. The van der Waals surface area contributed by atoms with Gasteiger partial charge in [0, 0.05) is 23.9 Å². The predicted molar refractivity (Wildman–Crippen MR) is 68.0 cm³/mol. The molecule has 0 radical (unpaired) electrons. The van der Waals surface area contributed by atoms with Crippen LogP contribution in [0.1, 0.15) is 13.8 Å². The van der Waals surface area contributed by atoms with E-state index in [4.69, 9.17) is 0 Å². The Bertz CT molecular complexity index is 362. The minimum atomic E-state index is 0.323. The lowest BCUT2D eigenvalue weighted by Gasteiger charge is -2.52. The van der Waals surface area contributed by atoms with Crippen molar-refractivity contribution in [2.45, 2.75) is 25.9 Å². The monoisotopic (exact) mass is 213 g/mol. The number of nitrogens with one attached hydrogen (secondary N) is 1. The molecule has 1 saturated heterocycles. The van der Waals surface area contributed by atoms with E-state index in [-0.39, 0.29) is 0 Å². The summed E-state index contributed by atoms with van der Waals surface area (Å²) in [6, 6.07) is 0.995. The minimum Gasteiger partial charge on any atom is -0.303 e. The van der Waals surface area contributed by atoms with Crippen LogP contribution in [0.2, 0.25) is 0 Å². The van der Waals surface area contributed by atoms with Crippen molar-refractivity contribution in [3.8, 4) is 0 Å². The number of piperidine rings is 1. The topological polar surface area (TPSA) is 12.0 Å². The number of fused-ring (bicyclic) bond motifs is 2. The molecule has 4 unspecified atom stereocenters. The summed E-state index contributed by atoms with van der Waals surface area (Å²) in [4.78, 5) is 0. The Morgan fingerprint density at radius 3 is 1.69 bits per heavy atom. The second-order valence-electron chi connectivity index (χ2n) is 5.63. The molecule has 2 aliphatic carbocycles. The predicted octanol–water partition coefficient (Wildman–Crippen LogP) is 2.84. The third-order valence-corrected chi connectivity index (χ3v) is 4.37. The van der Waals surface area contributed by atoms with Gasteiger partial charge in [-0.25, -0.2) is 0 Å². The van der Waals surface area contributed by atoms with Crippen LogP contribution < -0.4 is 5.32 Å². The van der Waals surface area contributed by atoms with Crippen molar-refractivity contribution >= 4 is 0 Å². The summed E-state index contributed by atoms with van der Waals surface area (Å²) in [5.74, 6) is 1.21. The van der Waals surface area contributed by atoms with E-state index < -0.39 is 0 Å². The fourth-order valence-electron chi connectivity index (χ4n) is 3.40. The number of rotatable bonds is 0. The third kappa shape index (κ3) is 1.35. The Morgan fingerprint density at radius 1 is 0.750 bits per heavy atom. The van der Waals surface area contributed by atoms with Crippen LogP contribution in [0.4, 0.5) is 0 Å². The van der Waals surface area contributed by atoms with Gasteiger partial charge in [0.25, 0.3) is 0 Å². The average molecular weight is 213 g/mol. The van der Waals surface area contributed by atoms with Crippen LogP contribution >= 0.6 is 0 Å². The van der Waals surface area contributed by atoms with E-state index in [1.165, 1.54) is 0 Å². The molecule has 3 aliphatic rings. The maximum atomic E-state index is 3.74. The van der Waals surface area contributed by atoms with Crippen LogP contribution in [-0.2, 0) is 0 Å². The average Bonchev–Trinajstić information content (AvgIpc) is 2.29. The first-order valence-electron chi connectivity index (χ1n) is 6.15. The number of hydrogen-bond acceptors (Lipinski definition) is 1. The van der Waals surface area contributed by atoms with Crippen molar-refractivity contribution in [3.05, 3.63) is 48.6 Å². The molecule has 0 saturated carbocycles. The van der Waals surface area contributed by atoms with Gasteiger partial charge in [0.05, 0.1) is 0 Å². The lowest BCUT2D eigenvalue weighted by atomic mass is 9.60. The molecule has 1 aliphatic heterocycles. The second kappa shape index (κ2) is 3.46. The van der Waals surface area contributed by atoms with Crippen molar-refractivity contribution in [2.24, 2.45) is 17.3 Å². The van der Waals surface area contributed by atoms with Gasteiger partial charge in [-0.05, 0) is 5.41 Å². The molecule has 1 fully saturated rings. The van der Waals surface area contributed by atoms with E-state index in [1.54, 1.807) is 0 Å². The van der Waals surface area contributed by atoms with Crippen molar-refractivity contribution in [1.29, 1.82) is 0 Å². The van der Waals surface area contributed by atoms with Crippen LogP contribution in [0, 0.1) is 17.3 Å². The number of hydrogen-bond donors (Lipinski definition) is 1. The summed E-state index contributed by atoms with van der Waals surface area (Å²) in [5, 5.41) is 3.74. The Balaban J connectivity index is 1.99. The minimum absolute atomic E-state index is 0.323. The lowest BCUT2D eigenvalue weighted by Crippen LogP contribution is -2.59. The highest BCUT2D eigenvalue weighted by atomic mass is 15.0. The molecule has 0 aromatic carbocycles. The molecular formula is C15H19N. The molecule has 4 atom stereocenters. The third-order valence-electron chi connectivity index (χ3n) is 4.37. The van der Waals surface area contributed by atoms with Crippen LogP contribution in [0.25, 0.3) is 0 Å². The van der Waals surface area contributed by atoms with Crippen molar-refractivity contribution in [3.63, 3.8) is 0 Å². The molecule has 0 aromatic heterocycles. The maximum Gasteiger partial charge on any atom is 0.0327 e. The molecule has 0 bridgehead atoms. The zero-order valence-corrected chi connectivity index (χ0v) is 9.93. The smallest absolute Gasteiger partial charge is 0.0327 e. The molecule has 0 spiro atoms. The van der Waals surface area contributed by atoms with Crippen LogP contribution in [-0.4, -0.2) is 12.1 Å². The van der Waals surface area contributed by atoms with Crippen molar-refractivity contribution in [2.75, 3.05) is 0 Å².